The molecule has 0 bridgehead atoms. The topological polar surface area (TPSA) is 177 Å². The third-order valence-corrected chi connectivity index (χ3v) is 11.2. The number of amides is 5. The highest BCUT2D eigenvalue weighted by Crippen LogP contribution is 2.57. The molecule has 4 saturated carbocycles. The lowest BCUT2D eigenvalue weighted by Gasteiger charge is -2.49. The Morgan fingerprint density at radius 1 is 0.833 bits per heavy atom. The van der Waals surface area contributed by atoms with E-state index >= 15 is 0 Å². The summed E-state index contributed by atoms with van der Waals surface area (Å²) in [7, 11) is 0. The van der Waals surface area contributed by atoms with Gasteiger partial charge in [0.1, 0.15) is 24.2 Å². The van der Waals surface area contributed by atoms with Crippen LogP contribution in [-0.4, -0.2) is 77.2 Å². The van der Waals surface area contributed by atoms with Gasteiger partial charge in [0.15, 0.2) is 0 Å². The van der Waals surface area contributed by atoms with Crippen molar-refractivity contribution in [2.45, 2.75) is 137 Å². The summed E-state index contributed by atoms with van der Waals surface area (Å²) < 4.78 is 6.02. The smallest absolute Gasteiger partial charge is 0.329 e. The van der Waals surface area contributed by atoms with Crippen molar-refractivity contribution in [3.05, 3.63) is 0 Å². The summed E-state index contributed by atoms with van der Waals surface area (Å²) in [4.78, 5) is 81.7. The molecule has 12 heteroatoms. The van der Waals surface area contributed by atoms with Crippen LogP contribution < -0.4 is 21.7 Å². The molecular weight excluding hydrogens is 614 g/mol. The highest BCUT2D eigenvalue weighted by Gasteiger charge is 2.61. The second-order valence-electron chi connectivity index (χ2n) is 18.2. The van der Waals surface area contributed by atoms with Gasteiger partial charge in [-0.15, -0.1) is 0 Å². The fourth-order valence-corrected chi connectivity index (χ4v) is 8.09. The maximum Gasteiger partial charge on any atom is 0.329 e. The maximum atomic E-state index is 14.5. The molecule has 5 aliphatic rings. The number of Topliss-reactive ketones (excluding diaryl/α,β-unsaturated/α-hetero) is 1. The number of rotatable bonds is 13. The average Bonchev–Trinajstić information content (AvgIpc) is 3.81. The van der Waals surface area contributed by atoms with Crippen molar-refractivity contribution in [1.82, 2.24) is 20.9 Å². The fourth-order valence-electron chi connectivity index (χ4n) is 8.09. The lowest BCUT2D eigenvalue weighted by atomic mass is 9.55. The highest BCUT2D eigenvalue weighted by atomic mass is 16.5. The predicted molar refractivity (Wildman–Crippen MR) is 178 cm³/mol. The number of ketones is 1. The number of likely N-dealkylation sites (tertiary alicyclic amines) is 1. The molecule has 5 N–H and O–H groups in total. The zero-order chi connectivity index (χ0) is 35.5. The van der Waals surface area contributed by atoms with E-state index in [1.165, 1.54) is 0 Å². The van der Waals surface area contributed by atoms with Crippen LogP contribution in [0.2, 0.25) is 0 Å². The summed E-state index contributed by atoms with van der Waals surface area (Å²) in [6.07, 6.45) is 7.08. The number of fused-ring (bicyclic) bond motifs is 1. The summed E-state index contributed by atoms with van der Waals surface area (Å²) in [5.74, 6) is -2.37. The number of hydrogen-bond acceptors (Lipinski definition) is 7. The van der Waals surface area contributed by atoms with Crippen LogP contribution in [-0.2, 0) is 28.7 Å². The van der Waals surface area contributed by atoms with E-state index in [9.17, 15) is 28.8 Å². The van der Waals surface area contributed by atoms with Gasteiger partial charge in [0.05, 0.1) is 6.04 Å². The number of urea groups is 1. The number of primary amides is 1. The van der Waals surface area contributed by atoms with Crippen molar-refractivity contribution in [2.24, 2.45) is 51.6 Å². The van der Waals surface area contributed by atoms with E-state index < -0.39 is 70.5 Å². The first-order chi connectivity index (χ1) is 22.2. The van der Waals surface area contributed by atoms with Crippen LogP contribution in [0.3, 0.4) is 0 Å². The van der Waals surface area contributed by atoms with Gasteiger partial charge in [0, 0.05) is 6.54 Å². The molecule has 5 rings (SSSR count). The molecule has 5 amide bonds. The zero-order valence-corrected chi connectivity index (χ0v) is 30.0. The fraction of sp³-hybridized carbons (Fsp3) is 0.833. The molecule has 0 radical (unpaired) electrons. The molecule has 268 valence electrons. The van der Waals surface area contributed by atoms with Crippen LogP contribution >= 0.6 is 0 Å². The third-order valence-electron chi connectivity index (χ3n) is 11.2. The number of nitrogens with two attached hydrogens (primary N) is 1. The quantitative estimate of drug-likeness (QED) is 0.172. The number of carbonyl (C=O) groups is 6. The van der Waals surface area contributed by atoms with Crippen LogP contribution in [0.25, 0.3) is 0 Å². The van der Waals surface area contributed by atoms with Gasteiger partial charge in [-0.25, -0.2) is 9.59 Å². The summed E-state index contributed by atoms with van der Waals surface area (Å²) in [6, 6.07) is -4.58. The van der Waals surface area contributed by atoms with Crippen molar-refractivity contribution in [2.75, 3.05) is 6.54 Å². The van der Waals surface area contributed by atoms with Gasteiger partial charge in [-0.3, -0.25) is 19.2 Å². The summed E-state index contributed by atoms with van der Waals surface area (Å²) in [5.41, 5.74) is 3.68. The Morgan fingerprint density at radius 3 is 1.83 bits per heavy atom. The number of ether oxygens (including phenoxy) is 1. The van der Waals surface area contributed by atoms with Gasteiger partial charge in [0.25, 0.3) is 5.91 Å². The van der Waals surface area contributed by atoms with Crippen LogP contribution in [0.15, 0.2) is 0 Å². The second-order valence-corrected chi connectivity index (χ2v) is 18.2. The molecule has 0 aromatic carbocycles. The first kappa shape index (κ1) is 36.1. The monoisotopic (exact) mass is 671 g/mol. The Morgan fingerprint density at radius 2 is 1.38 bits per heavy atom. The predicted octanol–water partition coefficient (Wildman–Crippen LogP) is 3.06. The van der Waals surface area contributed by atoms with E-state index in [1.807, 2.05) is 41.5 Å². The third kappa shape index (κ3) is 7.99. The standard InChI is InChI=1S/C36H57N5O7/c1-34(2,3)27(39-33(47)40-28(35(4,5)6)32(46)48-26(19-11-12-19)20-13-14-20)31(45)41-17-21-16-36(7,8)23(21)24(41)30(44)38-22(15-18-9-10-18)25(42)29(37)43/h18-24,26-28H,9-17H2,1-8H3,(H2,37,43)(H,38,44)(H2,39,40,47)/t21?,22?,23-,24-,27+,28+/m0/s1. The Hall–Kier alpha value is -3.18. The van der Waals surface area contributed by atoms with Crippen LogP contribution in [0.5, 0.6) is 0 Å². The number of nitrogens with one attached hydrogen (secondary N) is 3. The number of esters is 1. The van der Waals surface area contributed by atoms with Crippen molar-refractivity contribution >= 4 is 35.5 Å². The van der Waals surface area contributed by atoms with Gasteiger partial charge in [-0.2, -0.15) is 0 Å². The Bertz CT molecular complexity index is 1310. The minimum atomic E-state index is -1.10. The second kappa shape index (κ2) is 12.9. The lowest BCUT2D eigenvalue weighted by Crippen LogP contribution is -2.63. The molecule has 0 aromatic rings. The Kier molecular flexibility index (Phi) is 9.73. The molecule has 6 atom stereocenters. The van der Waals surface area contributed by atoms with E-state index in [4.69, 9.17) is 10.5 Å². The van der Waals surface area contributed by atoms with Crippen molar-refractivity contribution in [1.29, 1.82) is 0 Å². The van der Waals surface area contributed by atoms with E-state index in [-0.39, 0.29) is 29.3 Å². The average molecular weight is 672 g/mol. The maximum absolute atomic E-state index is 14.5. The minimum absolute atomic E-state index is 0.0776. The molecule has 5 fully saturated rings. The SMILES string of the molecule is CC(C)(C)[C@H](NC(=O)N[C@H](C(=O)N1CC2CC(C)(C)[C@@H]2[C@H]1C(=O)NC(CC1CC1)C(=O)C(N)=O)C(C)(C)C)C(=O)OC(C1CC1)C1CC1. The largest absolute Gasteiger partial charge is 0.460 e. The van der Waals surface area contributed by atoms with Crippen LogP contribution in [0.1, 0.15) is 107 Å². The summed E-state index contributed by atoms with van der Waals surface area (Å²) in [6.45, 7) is 15.5. The zero-order valence-electron chi connectivity index (χ0n) is 30.0. The van der Waals surface area contributed by atoms with E-state index in [0.29, 0.717) is 24.8 Å². The van der Waals surface area contributed by atoms with Crippen molar-refractivity contribution < 1.29 is 33.5 Å². The molecule has 1 aliphatic heterocycles. The molecule has 1 heterocycles. The number of hydrogen-bond donors (Lipinski definition) is 4. The highest BCUT2D eigenvalue weighted by molar-refractivity contribution is 6.37. The van der Waals surface area contributed by atoms with Crippen molar-refractivity contribution in [3.63, 3.8) is 0 Å². The summed E-state index contributed by atoms with van der Waals surface area (Å²) in [5, 5.41) is 8.48. The molecule has 48 heavy (non-hydrogen) atoms. The van der Waals surface area contributed by atoms with E-state index in [0.717, 1.165) is 44.9 Å². The number of carbonyl (C=O) groups excluding carboxylic acids is 6. The summed E-state index contributed by atoms with van der Waals surface area (Å²) >= 11 is 0. The molecule has 0 aromatic heterocycles. The molecule has 1 saturated heterocycles. The van der Waals surface area contributed by atoms with Gasteiger partial charge in [-0.1, -0.05) is 68.2 Å². The van der Waals surface area contributed by atoms with E-state index in [2.05, 4.69) is 29.8 Å². The minimum Gasteiger partial charge on any atom is -0.460 e. The Balaban J connectivity index is 1.33. The molecular formula is C36H57N5O7. The van der Waals surface area contributed by atoms with Crippen molar-refractivity contribution in [3.8, 4) is 0 Å². The van der Waals surface area contributed by atoms with Gasteiger partial charge in [-0.05, 0) is 84.4 Å². The van der Waals surface area contributed by atoms with E-state index in [1.54, 1.807) is 4.90 Å². The van der Waals surface area contributed by atoms with Gasteiger partial charge in [0.2, 0.25) is 17.6 Å². The van der Waals surface area contributed by atoms with Gasteiger partial charge >= 0.3 is 12.0 Å². The van der Waals surface area contributed by atoms with Gasteiger partial charge < -0.3 is 31.3 Å². The molecule has 0 spiro atoms. The lowest BCUT2D eigenvalue weighted by molar-refractivity contribution is -0.156. The van der Waals surface area contributed by atoms with Crippen LogP contribution in [0, 0.1) is 45.8 Å². The molecule has 4 aliphatic carbocycles. The molecule has 12 nitrogen and oxygen atoms in total. The first-order valence-corrected chi connectivity index (χ1v) is 17.9. The first-order valence-electron chi connectivity index (χ1n) is 17.9. The number of nitrogens with zero attached hydrogens (tertiary/aromatic N) is 1. The Labute approximate surface area is 284 Å². The normalized spacial score (nSPS) is 26.8. The molecule has 2 unspecified atom stereocenters. The van der Waals surface area contributed by atoms with Crippen LogP contribution in [0.4, 0.5) is 4.79 Å².